The molecule has 0 aromatic heterocycles. The van der Waals surface area contributed by atoms with Gasteiger partial charge in [0.25, 0.3) is 0 Å². The first-order valence-electron chi connectivity index (χ1n) is 8.07. The van der Waals surface area contributed by atoms with Gasteiger partial charge in [-0.2, -0.15) is 0 Å². The lowest BCUT2D eigenvalue weighted by Crippen LogP contribution is -2.33. The summed E-state index contributed by atoms with van der Waals surface area (Å²) in [5.41, 5.74) is 2.04. The molecule has 2 atom stereocenters. The molecular formula is C19H20FNO3. The van der Waals surface area contributed by atoms with Gasteiger partial charge in [0.05, 0.1) is 18.8 Å². The van der Waals surface area contributed by atoms with Crippen molar-refractivity contribution in [3.8, 4) is 5.75 Å². The molecule has 2 aromatic carbocycles. The van der Waals surface area contributed by atoms with Gasteiger partial charge in [-0.25, -0.2) is 4.39 Å². The van der Waals surface area contributed by atoms with E-state index in [0.717, 1.165) is 11.1 Å². The number of aliphatic hydroxyl groups is 1. The third-order valence-electron chi connectivity index (χ3n) is 4.16. The SMILES string of the molecule is O=C(CCCOc1ccccc1F)NC1c2ccccc2CC1O. The van der Waals surface area contributed by atoms with E-state index in [2.05, 4.69) is 5.32 Å². The average Bonchev–Trinajstić information content (AvgIpc) is 2.89. The summed E-state index contributed by atoms with van der Waals surface area (Å²) in [6.07, 6.45) is 0.697. The lowest BCUT2D eigenvalue weighted by Gasteiger charge is -2.18. The van der Waals surface area contributed by atoms with Crippen LogP contribution < -0.4 is 10.1 Å². The number of para-hydroxylation sites is 1. The highest BCUT2D eigenvalue weighted by atomic mass is 19.1. The van der Waals surface area contributed by atoms with E-state index in [1.807, 2.05) is 24.3 Å². The second-order valence-corrected chi connectivity index (χ2v) is 5.90. The van der Waals surface area contributed by atoms with Crippen LogP contribution >= 0.6 is 0 Å². The van der Waals surface area contributed by atoms with Crippen LogP contribution in [0.25, 0.3) is 0 Å². The Labute approximate surface area is 140 Å². The number of benzene rings is 2. The van der Waals surface area contributed by atoms with Gasteiger partial charge in [-0.05, 0) is 29.7 Å². The number of hydrogen-bond acceptors (Lipinski definition) is 3. The second-order valence-electron chi connectivity index (χ2n) is 5.90. The molecule has 24 heavy (non-hydrogen) atoms. The molecule has 5 heteroatoms. The molecule has 0 aliphatic heterocycles. The minimum absolute atomic E-state index is 0.145. The van der Waals surface area contributed by atoms with Crippen molar-refractivity contribution in [2.24, 2.45) is 0 Å². The third-order valence-corrected chi connectivity index (χ3v) is 4.16. The molecule has 1 amide bonds. The van der Waals surface area contributed by atoms with E-state index in [1.54, 1.807) is 18.2 Å². The predicted molar refractivity (Wildman–Crippen MR) is 88.2 cm³/mol. The number of rotatable bonds is 6. The first kappa shape index (κ1) is 16.5. The molecule has 1 aliphatic carbocycles. The first-order valence-corrected chi connectivity index (χ1v) is 8.07. The molecule has 0 spiro atoms. The fraction of sp³-hybridized carbons (Fsp3) is 0.316. The van der Waals surface area contributed by atoms with Gasteiger partial charge in [-0.15, -0.1) is 0 Å². The molecule has 2 unspecified atom stereocenters. The van der Waals surface area contributed by atoms with Crippen molar-refractivity contribution in [3.63, 3.8) is 0 Å². The van der Waals surface area contributed by atoms with Crippen molar-refractivity contribution in [2.75, 3.05) is 6.61 Å². The number of fused-ring (bicyclic) bond motifs is 1. The Hall–Kier alpha value is -2.40. The number of carbonyl (C=O) groups excluding carboxylic acids is 1. The van der Waals surface area contributed by atoms with Gasteiger partial charge < -0.3 is 15.2 Å². The monoisotopic (exact) mass is 329 g/mol. The second kappa shape index (κ2) is 7.45. The van der Waals surface area contributed by atoms with Crippen LogP contribution in [0, 0.1) is 5.82 Å². The quantitative estimate of drug-likeness (QED) is 0.801. The molecule has 4 nitrogen and oxygen atoms in total. The Bertz CT molecular complexity index is 719. The summed E-state index contributed by atoms with van der Waals surface area (Å²) in [5.74, 6) is -0.362. The number of ether oxygens (including phenoxy) is 1. The van der Waals surface area contributed by atoms with Gasteiger partial charge in [0.2, 0.25) is 5.91 Å². The molecule has 1 aliphatic rings. The Kier molecular flexibility index (Phi) is 5.11. The fourth-order valence-corrected chi connectivity index (χ4v) is 2.97. The minimum atomic E-state index is -0.596. The smallest absolute Gasteiger partial charge is 0.220 e. The number of aliphatic hydroxyl groups excluding tert-OH is 1. The number of amides is 1. The van der Waals surface area contributed by atoms with Crippen molar-refractivity contribution in [1.82, 2.24) is 5.32 Å². The number of hydrogen-bond donors (Lipinski definition) is 2. The van der Waals surface area contributed by atoms with Crippen LogP contribution in [0.1, 0.15) is 30.0 Å². The van der Waals surface area contributed by atoms with Crippen LogP contribution in [0.15, 0.2) is 48.5 Å². The van der Waals surface area contributed by atoms with Gasteiger partial charge in [0.1, 0.15) is 0 Å². The van der Waals surface area contributed by atoms with Crippen LogP contribution in [0.3, 0.4) is 0 Å². The number of halogens is 1. The van der Waals surface area contributed by atoms with Crippen molar-refractivity contribution in [1.29, 1.82) is 0 Å². The van der Waals surface area contributed by atoms with Crippen LogP contribution in [-0.4, -0.2) is 23.7 Å². The van der Waals surface area contributed by atoms with Gasteiger partial charge in [0, 0.05) is 12.8 Å². The van der Waals surface area contributed by atoms with E-state index in [9.17, 15) is 14.3 Å². The highest BCUT2D eigenvalue weighted by Crippen LogP contribution is 2.31. The largest absolute Gasteiger partial charge is 0.491 e. The van der Waals surface area contributed by atoms with E-state index < -0.39 is 11.9 Å². The van der Waals surface area contributed by atoms with E-state index in [-0.39, 0.29) is 30.7 Å². The van der Waals surface area contributed by atoms with Gasteiger partial charge in [-0.3, -0.25) is 4.79 Å². The maximum atomic E-state index is 13.4. The van der Waals surface area contributed by atoms with E-state index in [4.69, 9.17) is 4.74 Å². The maximum absolute atomic E-state index is 13.4. The van der Waals surface area contributed by atoms with Crippen molar-refractivity contribution in [2.45, 2.75) is 31.4 Å². The zero-order chi connectivity index (χ0) is 16.9. The predicted octanol–water partition coefficient (Wildman–Crippen LogP) is 2.76. The summed E-state index contributed by atoms with van der Waals surface area (Å²) >= 11 is 0. The molecule has 0 fully saturated rings. The summed E-state index contributed by atoms with van der Waals surface area (Å²) in [5, 5.41) is 13.0. The Morgan fingerprint density at radius 1 is 1.21 bits per heavy atom. The lowest BCUT2D eigenvalue weighted by molar-refractivity contribution is -0.122. The molecule has 126 valence electrons. The normalized spacial score (nSPS) is 18.9. The van der Waals surface area contributed by atoms with Gasteiger partial charge in [-0.1, -0.05) is 36.4 Å². The zero-order valence-electron chi connectivity index (χ0n) is 13.2. The minimum Gasteiger partial charge on any atom is -0.491 e. The molecule has 0 saturated heterocycles. The molecular weight excluding hydrogens is 309 g/mol. The van der Waals surface area contributed by atoms with Crippen LogP contribution in [-0.2, 0) is 11.2 Å². The van der Waals surface area contributed by atoms with Crippen molar-refractivity contribution in [3.05, 3.63) is 65.5 Å². The van der Waals surface area contributed by atoms with Gasteiger partial charge >= 0.3 is 0 Å². The van der Waals surface area contributed by atoms with Crippen LogP contribution in [0.2, 0.25) is 0 Å². The summed E-state index contributed by atoms with van der Waals surface area (Å²) in [6, 6.07) is 13.5. The number of carbonyl (C=O) groups is 1. The van der Waals surface area contributed by atoms with E-state index in [0.29, 0.717) is 12.8 Å². The Morgan fingerprint density at radius 2 is 1.96 bits per heavy atom. The Morgan fingerprint density at radius 3 is 2.79 bits per heavy atom. The summed E-state index contributed by atoms with van der Waals surface area (Å²) in [6.45, 7) is 0.262. The van der Waals surface area contributed by atoms with Crippen LogP contribution in [0.4, 0.5) is 4.39 Å². The molecule has 0 saturated carbocycles. The average molecular weight is 329 g/mol. The number of nitrogens with one attached hydrogen (secondary N) is 1. The first-order chi connectivity index (χ1) is 11.6. The maximum Gasteiger partial charge on any atom is 0.220 e. The topological polar surface area (TPSA) is 58.6 Å². The van der Waals surface area contributed by atoms with Crippen molar-refractivity contribution < 1.29 is 19.0 Å². The molecule has 2 N–H and O–H groups in total. The zero-order valence-corrected chi connectivity index (χ0v) is 13.2. The fourth-order valence-electron chi connectivity index (χ4n) is 2.97. The Balaban J connectivity index is 1.46. The summed E-state index contributed by atoms with van der Waals surface area (Å²) in [4.78, 5) is 12.1. The van der Waals surface area contributed by atoms with E-state index >= 15 is 0 Å². The van der Waals surface area contributed by atoms with Crippen LogP contribution in [0.5, 0.6) is 5.75 Å². The molecule has 2 aromatic rings. The van der Waals surface area contributed by atoms with Crippen molar-refractivity contribution >= 4 is 5.91 Å². The highest BCUT2D eigenvalue weighted by molar-refractivity contribution is 5.76. The molecule has 0 radical (unpaired) electrons. The summed E-state index contributed by atoms with van der Waals surface area (Å²) < 4.78 is 18.7. The lowest BCUT2D eigenvalue weighted by atomic mass is 10.1. The molecule has 0 bridgehead atoms. The molecule has 3 rings (SSSR count). The standard InChI is InChI=1S/C19H20FNO3/c20-15-8-3-4-9-17(15)24-11-5-10-18(23)21-19-14-7-2-1-6-13(14)12-16(19)22/h1-4,6-9,16,19,22H,5,10-12H2,(H,21,23). The highest BCUT2D eigenvalue weighted by Gasteiger charge is 2.31. The van der Waals surface area contributed by atoms with Gasteiger partial charge in [0.15, 0.2) is 11.6 Å². The van der Waals surface area contributed by atoms with E-state index in [1.165, 1.54) is 6.07 Å². The molecule has 0 heterocycles. The third kappa shape index (κ3) is 3.74. The summed E-state index contributed by atoms with van der Waals surface area (Å²) in [7, 11) is 0.